The number of benzene rings is 1. The number of aromatic nitrogens is 1. The SMILES string of the molecule is NCCCCNC(=O)Cc1csc(-c2cccc(F)c2)n1. The van der Waals surface area contributed by atoms with E-state index < -0.39 is 0 Å². The van der Waals surface area contributed by atoms with E-state index in [-0.39, 0.29) is 18.1 Å². The van der Waals surface area contributed by atoms with Gasteiger partial charge in [-0.1, -0.05) is 12.1 Å². The average molecular weight is 307 g/mol. The van der Waals surface area contributed by atoms with Crippen LogP contribution in [-0.2, 0) is 11.2 Å². The van der Waals surface area contributed by atoms with Gasteiger partial charge in [-0.3, -0.25) is 4.79 Å². The van der Waals surface area contributed by atoms with Crippen LogP contribution in [0.3, 0.4) is 0 Å². The van der Waals surface area contributed by atoms with E-state index in [9.17, 15) is 9.18 Å². The van der Waals surface area contributed by atoms with Crippen molar-refractivity contribution in [2.24, 2.45) is 5.73 Å². The summed E-state index contributed by atoms with van der Waals surface area (Å²) in [5.41, 5.74) is 6.82. The minimum Gasteiger partial charge on any atom is -0.356 e. The molecule has 21 heavy (non-hydrogen) atoms. The van der Waals surface area contributed by atoms with Gasteiger partial charge in [0.1, 0.15) is 10.8 Å². The van der Waals surface area contributed by atoms with Crippen LogP contribution in [0.1, 0.15) is 18.5 Å². The first-order valence-electron chi connectivity index (χ1n) is 6.86. The summed E-state index contributed by atoms with van der Waals surface area (Å²) in [6.07, 6.45) is 2.03. The number of halogens is 1. The molecule has 0 unspecified atom stereocenters. The van der Waals surface area contributed by atoms with Crippen molar-refractivity contribution in [3.05, 3.63) is 41.2 Å². The van der Waals surface area contributed by atoms with Crippen LogP contribution >= 0.6 is 11.3 Å². The van der Waals surface area contributed by atoms with Crippen molar-refractivity contribution >= 4 is 17.2 Å². The van der Waals surface area contributed by atoms with Gasteiger partial charge in [0.2, 0.25) is 5.91 Å². The van der Waals surface area contributed by atoms with Crippen LogP contribution in [0, 0.1) is 5.82 Å². The van der Waals surface area contributed by atoms with E-state index in [1.807, 2.05) is 5.38 Å². The summed E-state index contributed by atoms with van der Waals surface area (Å²) < 4.78 is 13.2. The Bertz CT molecular complexity index is 600. The number of amides is 1. The number of carbonyl (C=O) groups excluding carboxylic acids is 1. The van der Waals surface area contributed by atoms with Crippen molar-refractivity contribution in [3.63, 3.8) is 0 Å². The van der Waals surface area contributed by atoms with Gasteiger partial charge in [-0.15, -0.1) is 11.3 Å². The Kier molecular flexibility index (Phi) is 5.83. The summed E-state index contributed by atoms with van der Waals surface area (Å²) in [5, 5.41) is 5.39. The first-order chi connectivity index (χ1) is 10.2. The molecule has 1 heterocycles. The van der Waals surface area contributed by atoms with E-state index in [1.54, 1.807) is 12.1 Å². The summed E-state index contributed by atoms with van der Waals surface area (Å²) in [6, 6.07) is 6.29. The Labute approximate surface area is 127 Å². The van der Waals surface area contributed by atoms with E-state index in [2.05, 4.69) is 10.3 Å². The quantitative estimate of drug-likeness (QED) is 0.772. The molecule has 0 saturated carbocycles. The van der Waals surface area contributed by atoms with Crippen molar-refractivity contribution < 1.29 is 9.18 Å². The lowest BCUT2D eigenvalue weighted by Crippen LogP contribution is -2.26. The van der Waals surface area contributed by atoms with Crippen LogP contribution in [0.2, 0.25) is 0 Å². The third-order valence-corrected chi connectivity index (χ3v) is 3.86. The van der Waals surface area contributed by atoms with Gasteiger partial charge in [-0.05, 0) is 31.5 Å². The van der Waals surface area contributed by atoms with E-state index in [0.29, 0.717) is 18.8 Å². The summed E-state index contributed by atoms with van der Waals surface area (Å²) in [5.74, 6) is -0.343. The first-order valence-corrected chi connectivity index (χ1v) is 7.74. The molecule has 2 rings (SSSR count). The zero-order valence-electron chi connectivity index (χ0n) is 11.6. The molecule has 2 aromatic rings. The maximum absolute atomic E-state index is 13.2. The van der Waals surface area contributed by atoms with Crippen LogP contribution in [0.5, 0.6) is 0 Å². The van der Waals surface area contributed by atoms with Gasteiger partial charge < -0.3 is 11.1 Å². The summed E-state index contributed by atoms with van der Waals surface area (Å²) >= 11 is 1.41. The molecule has 0 aliphatic rings. The Balaban J connectivity index is 1.90. The van der Waals surface area contributed by atoms with Crippen molar-refractivity contribution in [1.29, 1.82) is 0 Å². The fourth-order valence-electron chi connectivity index (χ4n) is 1.87. The van der Waals surface area contributed by atoms with Crippen molar-refractivity contribution in [3.8, 4) is 10.6 Å². The fraction of sp³-hybridized carbons (Fsp3) is 0.333. The second-order valence-corrected chi connectivity index (χ2v) is 5.53. The number of thiazole rings is 1. The molecule has 1 aromatic heterocycles. The highest BCUT2D eigenvalue weighted by atomic mass is 32.1. The highest BCUT2D eigenvalue weighted by molar-refractivity contribution is 7.13. The normalized spacial score (nSPS) is 10.6. The lowest BCUT2D eigenvalue weighted by Gasteiger charge is -2.02. The molecule has 0 saturated heterocycles. The molecule has 0 atom stereocenters. The molecule has 0 bridgehead atoms. The molecular weight excluding hydrogens is 289 g/mol. The average Bonchev–Trinajstić information content (AvgIpc) is 2.92. The van der Waals surface area contributed by atoms with Gasteiger partial charge in [0.05, 0.1) is 12.1 Å². The molecule has 1 aromatic carbocycles. The Hall–Kier alpha value is -1.79. The predicted octanol–water partition coefficient (Wildman–Crippen LogP) is 2.35. The first kappa shape index (κ1) is 15.6. The fourth-order valence-corrected chi connectivity index (χ4v) is 2.68. The second-order valence-electron chi connectivity index (χ2n) is 4.68. The van der Waals surface area contributed by atoms with E-state index in [0.717, 1.165) is 23.4 Å². The summed E-state index contributed by atoms with van der Waals surface area (Å²) in [4.78, 5) is 16.1. The van der Waals surface area contributed by atoms with E-state index >= 15 is 0 Å². The Morgan fingerprint density at radius 3 is 3.00 bits per heavy atom. The molecule has 0 aliphatic carbocycles. The van der Waals surface area contributed by atoms with Gasteiger partial charge in [0.25, 0.3) is 0 Å². The number of nitrogens with zero attached hydrogens (tertiary/aromatic N) is 1. The zero-order chi connectivity index (χ0) is 15.1. The maximum atomic E-state index is 13.2. The van der Waals surface area contributed by atoms with Crippen LogP contribution in [0.25, 0.3) is 10.6 Å². The Morgan fingerprint density at radius 1 is 1.38 bits per heavy atom. The zero-order valence-corrected chi connectivity index (χ0v) is 12.5. The summed E-state index contributed by atoms with van der Waals surface area (Å²) in [7, 11) is 0. The lowest BCUT2D eigenvalue weighted by molar-refractivity contribution is -0.120. The van der Waals surface area contributed by atoms with Gasteiger partial charge in [-0.25, -0.2) is 9.37 Å². The molecular formula is C15H18FN3OS. The van der Waals surface area contributed by atoms with Crippen LogP contribution in [0.4, 0.5) is 4.39 Å². The molecule has 112 valence electrons. The van der Waals surface area contributed by atoms with E-state index in [4.69, 9.17) is 5.73 Å². The minimum absolute atomic E-state index is 0.0527. The number of hydrogen-bond donors (Lipinski definition) is 2. The molecule has 0 spiro atoms. The smallest absolute Gasteiger partial charge is 0.226 e. The number of carbonyl (C=O) groups is 1. The predicted molar refractivity (Wildman–Crippen MR) is 82.5 cm³/mol. The molecule has 0 aliphatic heterocycles. The largest absolute Gasteiger partial charge is 0.356 e. The molecule has 1 amide bonds. The third kappa shape index (κ3) is 4.91. The number of nitrogens with two attached hydrogens (primary N) is 1. The maximum Gasteiger partial charge on any atom is 0.226 e. The second kappa shape index (κ2) is 7.85. The van der Waals surface area contributed by atoms with Crippen molar-refractivity contribution in [2.45, 2.75) is 19.3 Å². The molecule has 6 heteroatoms. The monoisotopic (exact) mass is 307 g/mol. The van der Waals surface area contributed by atoms with Crippen LogP contribution < -0.4 is 11.1 Å². The molecule has 3 N–H and O–H groups in total. The van der Waals surface area contributed by atoms with E-state index in [1.165, 1.54) is 23.5 Å². The van der Waals surface area contributed by atoms with Crippen molar-refractivity contribution in [1.82, 2.24) is 10.3 Å². The summed E-state index contributed by atoms with van der Waals surface area (Å²) in [6.45, 7) is 1.27. The third-order valence-electron chi connectivity index (χ3n) is 2.92. The molecule has 0 radical (unpaired) electrons. The number of unbranched alkanes of at least 4 members (excludes halogenated alkanes) is 1. The number of rotatable bonds is 7. The molecule has 4 nitrogen and oxygen atoms in total. The van der Waals surface area contributed by atoms with Gasteiger partial charge in [0.15, 0.2) is 0 Å². The Morgan fingerprint density at radius 2 is 2.24 bits per heavy atom. The standard InChI is InChI=1S/C15H18FN3OS/c16-12-5-3-4-11(8-12)15-19-13(10-21-15)9-14(20)18-7-2-1-6-17/h3-5,8,10H,1-2,6-7,9,17H2,(H,18,20). The van der Waals surface area contributed by atoms with Gasteiger partial charge >= 0.3 is 0 Å². The topological polar surface area (TPSA) is 68.0 Å². The van der Waals surface area contributed by atoms with Gasteiger partial charge in [-0.2, -0.15) is 0 Å². The van der Waals surface area contributed by atoms with Crippen molar-refractivity contribution in [2.75, 3.05) is 13.1 Å². The van der Waals surface area contributed by atoms with Gasteiger partial charge in [0, 0.05) is 17.5 Å². The number of hydrogen-bond acceptors (Lipinski definition) is 4. The van der Waals surface area contributed by atoms with Crippen LogP contribution in [0.15, 0.2) is 29.6 Å². The highest BCUT2D eigenvalue weighted by Gasteiger charge is 2.09. The molecule has 0 fully saturated rings. The highest BCUT2D eigenvalue weighted by Crippen LogP contribution is 2.24. The number of nitrogens with one attached hydrogen (secondary N) is 1. The lowest BCUT2D eigenvalue weighted by atomic mass is 10.2. The van der Waals surface area contributed by atoms with Crippen LogP contribution in [-0.4, -0.2) is 24.0 Å². The minimum atomic E-state index is -0.290.